The van der Waals surface area contributed by atoms with Crippen LogP contribution >= 0.6 is 0 Å². The second-order valence-corrected chi connectivity index (χ2v) is 9.95. The summed E-state index contributed by atoms with van der Waals surface area (Å²) in [4.78, 5) is 19.4. The van der Waals surface area contributed by atoms with Crippen molar-refractivity contribution < 1.29 is 22.4 Å². The maximum absolute atomic E-state index is 13.7. The van der Waals surface area contributed by atoms with Crippen LogP contribution in [0.1, 0.15) is 56.2 Å². The molecule has 3 aromatic heterocycles. The van der Waals surface area contributed by atoms with E-state index in [1.165, 1.54) is 18.4 Å². The highest BCUT2D eigenvalue weighted by atomic mass is 19.4. The zero-order valence-electron chi connectivity index (χ0n) is 17.5. The number of furan rings is 1. The van der Waals surface area contributed by atoms with Gasteiger partial charge in [0.05, 0.1) is 6.26 Å². The van der Waals surface area contributed by atoms with E-state index in [1.807, 2.05) is 0 Å². The second kappa shape index (κ2) is 6.34. The molecular weight excluding hydrogens is 409 g/mol. The predicted octanol–water partition coefficient (Wildman–Crippen LogP) is 5.05. The number of fused-ring (bicyclic) bond motifs is 3. The first-order valence-electron chi connectivity index (χ1n) is 10.3. The SMILES string of the molecule is CC1(C)C[C@@H]2C[C@@](C)(CN2C(=O)c2cc3nc(-c4ccco4)cc(C(F)(F)F)n3n2)C1. The summed E-state index contributed by atoms with van der Waals surface area (Å²) < 4.78 is 47.2. The molecule has 0 unspecified atom stereocenters. The molecule has 0 N–H and O–H groups in total. The van der Waals surface area contributed by atoms with Crippen LogP contribution in [0.15, 0.2) is 34.9 Å². The number of hydrogen-bond acceptors (Lipinski definition) is 4. The fourth-order valence-electron chi connectivity index (χ4n) is 5.68. The molecule has 1 aliphatic heterocycles. The third-order valence-corrected chi connectivity index (χ3v) is 6.39. The minimum atomic E-state index is -4.67. The molecule has 1 saturated heterocycles. The molecule has 2 bridgehead atoms. The number of halogens is 3. The van der Waals surface area contributed by atoms with Gasteiger partial charge in [-0.2, -0.15) is 18.3 Å². The van der Waals surface area contributed by atoms with Crippen molar-refractivity contribution in [2.45, 2.75) is 52.3 Å². The van der Waals surface area contributed by atoms with Crippen LogP contribution in [0.2, 0.25) is 0 Å². The predicted molar refractivity (Wildman–Crippen MR) is 106 cm³/mol. The van der Waals surface area contributed by atoms with Crippen molar-refractivity contribution in [3.63, 3.8) is 0 Å². The van der Waals surface area contributed by atoms with E-state index in [0.29, 0.717) is 11.1 Å². The first-order valence-corrected chi connectivity index (χ1v) is 10.3. The Hall–Kier alpha value is -2.84. The molecule has 164 valence electrons. The molecule has 0 radical (unpaired) electrons. The van der Waals surface area contributed by atoms with Gasteiger partial charge in [0.1, 0.15) is 5.69 Å². The van der Waals surface area contributed by atoms with Crippen molar-refractivity contribution in [1.29, 1.82) is 0 Å². The third kappa shape index (κ3) is 3.40. The van der Waals surface area contributed by atoms with Crippen molar-refractivity contribution in [2.24, 2.45) is 10.8 Å². The fraction of sp³-hybridized carbons (Fsp3) is 0.500. The fourth-order valence-corrected chi connectivity index (χ4v) is 5.68. The van der Waals surface area contributed by atoms with Crippen LogP contribution in [0.3, 0.4) is 0 Å². The molecule has 0 aromatic carbocycles. The molecule has 4 heterocycles. The molecule has 31 heavy (non-hydrogen) atoms. The molecule has 6 nitrogen and oxygen atoms in total. The average molecular weight is 432 g/mol. The smallest absolute Gasteiger partial charge is 0.433 e. The molecule has 2 fully saturated rings. The number of rotatable bonds is 2. The van der Waals surface area contributed by atoms with Crippen LogP contribution in [0.4, 0.5) is 13.2 Å². The van der Waals surface area contributed by atoms with Crippen molar-refractivity contribution in [3.8, 4) is 11.5 Å². The highest BCUT2D eigenvalue weighted by Crippen LogP contribution is 2.52. The lowest BCUT2D eigenvalue weighted by atomic mass is 9.65. The molecule has 0 spiro atoms. The maximum Gasteiger partial charge on any atom is 0.433 e. The number of alkyl halides is 3. The van der Waals surface area contributed by atoms with Gasteiger partial charge >= 0.3 is 6.18 Å². The highest BCUT2D eigenvalue weighted by Gasteiger charge is 2.51. The Morgan fingerprint density at radius 2 is 2.00 bits per heavy atom. The number of aromatic nitrogens is 3. The van der Waals surface area contributed by atoms with Gasteiger partial charge < -0.3 is 9.32 Å². The Morgan fingerprint density at radius 3 is 2.68 bits per heavy atom. The lowest BCUT2D eigenvalue weighted by molar-refractivity contribution is -0.142. The van der Waals surface area contributed by atoms with E-state index in [0.717, 1.165) is 25.3 Å². The maximum atomic E-state index is 13.7. The van der Waals surface area contributed by atoms with Crippen LogP contribution < -0.4 is 0 Å². The van der Waals surface area contributed by atoms with Gasteiger partial charge in [-0.25, -0.2) is 9.50 Å². The molecule has 5 rings (SSSR count). The number of carbonyl (C=O) groups is 1. The summed E-state index contributed by atoms with van der Waals surface area (Å²) in [6.07, 6.45) is -0.512. The number of amides is 1. The number of likely N-dealkylation sites (tertiary alicyclic amines) is 1. The molecule has 2 aliphatic rings. The van der Waals surface area contributed by atoms with E-state index < -0.39 is 11.9 Å². The summed E-state index contributed by atoms with van der Waals surface area (Å²) in [6.45, 7) is 7.17. The Balaban J connectivity index is 1.56. The molecule has 1 saturated carbocycles. The second-order valence-electron chi connectivity index (χ2n) is 9.95. The van der Waals surface area contributed by atoms with E-state index in [1.54, 1.807) is 11.0 Å². The lowest BCUT2D eigenvalue weighted by Crippen LogP contribution is -2.37. The van der Waals surface area contributed by atoms with Crippen molar-refractivity contribution in [3.05, 3.63) is 41.9 Å². The van der Waals surface area contributed by atoms with Gasteiger partial charge in [0.25, 0.3) is 5.91 Å². The van der Waals surface area contributed by atoms with E-state index >= 15 is 0 Å². The quantitative estimate of drug-likeness (QED) is 0.569. The monoisotopic (exact) mass is 432 g/mol. The van der Waals surface area contributed by atoms with Gasteiger partial charge in [0.15, 0.2) is 22.8 Å². The van der Waals surface area contributed by atoms with Crippen LogP contribution in [-0.2, 0) is 6.18 Å². The Bertz CT molecular complexity index is 1170. The van der Waals surface area contributed by atoms with Gasteiger partial charge in [0, 0.05) is 18.7 Å². The van der Waals surface area contributed by atoms with Crippen LogP contribution in [0.25, 0.3) is 17.1 Å². The van der Waals surface area contributed by atoms with E-state index in [9.17, 15) is 18.0 Å². The molecule has 1 amide bonds. The molecule has 9 heteroatoms. The summed E-state index contributed by atoms with van der Waals surface area (Å²) in [6, 6.07) is 5.40. The summed E-state index contributed by atoms with van der Waals surface area (Å²) in [5, 5.41) is 4.03. The Kier molecular flexibility index (Phi) is 4.11. The normalized spacial score (nSPS) is 25.4. The molecular formula is C22H23F3N4O2. The van der Waals surface area contributed by atoms with Crippen LogP contribution in [0, 0.1) is 10.8 Å². The molecule has 2 atom stereocenters. The minimum absolute atomic E-state index is 0.0169. The number of carbonyl (C=O) groups excluding carboxylic acids is 1. The zero-order chi connectivity index (χ0) is 22.2. The topological polar surface area (TPSA) is 63.6 Å². The van der Waals surface area contributed by atoms with Crippen molar-refractivity contribution in [2.75, 3.05) is 6.54 Å². The first kappa shape index (κ1) is 20.1. The van der Waals surface area contributed by atoms with E-state index in [2.05, 4.69) is 30.9 Å². The van der Waals surface area contributed by atoms with E-state index in [4.69, 9.17) is 4.42 Å². The summed E-state index contributed by atoms with van der Waals surface area (Å²) in [7, 11) is 0. The van der Waals surface area contributed by atoms with Crippen molar-refractivity contribution in [1.82, 2.24) is 19.5 Å². The standard InChI is InChI=1S/C22H23F3N4O2/c1-20(2)9-13-10-21(3,11-20)12-28(13)19(30)15-8-18-26-14(16-5-4-6-31-16)7-17(22(23,24)25)29(18)27-15/h4-8,13H,9-12H2,1-3H3/t13-,21-/m1/s1. The largest absolute Gasteiger partial charge is 0.463 e. The zero-order valence-corrected chi connectivity index (χ0v) is 17.5. The third-order valence-electron chi connectivity index (χ3n) is 6.39. The Labute approximate surface area is 177 Å². The number of hydrogen-bond donors (Lipinski definition) is 0. The van der Waals surface area contributed by atoms with Gasteiger partial charge in [-0.3, -0.25) is 4.79 Å². The van der Waals surface area contributed by atoms with Gasteiger partial charge in [-0.15, -0.1) is 0 Å². The lowest BCUT2D eigenvalue weighted by Gasteiger charge is -2.39. The summed E-state index contributed by atoms with van der Waals surface area (Å²) in [5.41, 5.74) is -0.898. The first-order chi connectivity index (χ1) is 14.4. The van der Waals surface area contributed by atoms with E-state index in [-0.39, 0.29) is 45.6 Å². The average Bonchev–Trinajstić information content (AvgIpc) is 3.35. The molecule has 1 aliphatic carbocycles. The minimum Gasteiger partial charge on any atom is -0.463 e. The summed E-state index contributed by atoms with van der Waals surface area (Å²) in [5.74, 6) is -0.129. The summed E-state index contributed by atoms with van der Waals surface area (Å²) >= 11 is 0. The molecule has 3 aromatic rings. The van der Waals surface area contributed by atoms with Gasteiger partial charge in [-0.1, -0.05) is 20.8 Å². The number of nitrogens with zero attached hydrogens (tertiary/aromatic N) is 4. The highest BCUT2D eigenvalue weighted by molar-refractivity contribution is 5.94. The van der Waals surface area contributed by atoms with Crippen LogP contribution in [0.5, 0.6) is 0 Å². The van der Waals surface area contributed by atoms with Gasteiger partial charge in [0.2, 0.25) is 0 Å². The van der Waals surface area contributed by atoms with Gasteiger partial charge in [-0.05, 0) is 48.3 Å². The Morgan fingerprint density at radius 1 is 1.23 bits per heavy atom. The van der Waals surface area contributed by atoms with Crippen LogP contribution in [-0.4, -0.2) is 38.0 Å². The van der Waals surface area contributed by atoms with Crippen molar-refractivity contribution >= 4 is 11.6 Å².